The topological polar surface area (TPSA) is 71.5 Å². The van der Waals surface area contributed by atoms with Gasteiger partial charge in [0.2, 0.25) is 17.7 Å². The number of amides is 2. The molecule has 0 aliphatic carbocycles. The van der Waals surface area contributed by atoms with Gasteiger partial charge in [-0.25, -0.2) is 4.98 Å². The number of pyridine rings is 1. The fourth-order valence-corrected chi connectivity index (χ4v) is 1.68. The van der Waals surface area contributed by atoms with E-state index in [-0.39, 0.29) is 24.9 Å². The summed E-state index contributed by atoms with van der Waals surface area (Å²) >= 11 is 0. The van der Waals surface area contributed by atoms with E-state index in [9.17, 15) is 9.59 Å². The monoisotopic (exact) mass is 235 g/mol. The molecule has 0 aromatic carbocycles. The molecule has 0 bridgehead atoms. The Morgan fingerprint density at radius 3 is 3.12 bits per heavy atom. The summed E-state index contributed by atoms with van der Waals surface area (Å²) in [6.45, 7) is 0.474. The van der Waals surface area contributed by atoms with Gasteiger partial charge in [0.1, 0.15) is 0 Å². The van der Waals surface area contributed by atoms with Crippen LogP contribution in [-0.4, -0.2) is 41.9 Å². The molecule has 1 aliphatic heterocycles. The Kier molecular flexibility index (Phi) is 3.22. The van der Waals surface area contributed by atoms with Gasteiger partial charge >= 0.3 is 0 Å². The lowest BCUT2D eigenvalue weighted by Gasteiger charge is -2.26. The minimum absolute atomic E-state index is 0.0570. The van der Waals surface area contributed by atoms with E-state index in [0.717, 1.165) is 5.56 Å². The van der Waals surface area contributed by atoms with Gasteiger partial charge in [0.05, 0.1) is 26.7 Å². The van der Waals surface area contributed by atoms with E-state index in [2.05, 4.69) is 10.3 Å². The van der Waals surface area contributed by atoms with Crippen molar-refractivity contribution in [2.24, 2.45) is 0 Å². The van der Waals surface area contributed by atoms with Crippen LogP contribution in [0.1, 0.15) is 5.56 Å². The van der Waals surface area contributed by atoms with Crippen LogP contribution in [0.5, 0.6) is 5.88 Å². The summed E-state index contributed by atoms with van der Waals surface area (Å²) in [6.07, 6.45) is 1.62. The maximum Gasteiger partial charge on any atom is 0.242 e. The minimum Gasteiger partial charge on any atom is -0.481 e. The molecular formula is C11H13N3O3. The second kappa shape index (κ2) is 4.82. The zero-order valence-corrected chi connectivity index (χ0v) is 9.47. The summed E-state index contributed by atoms with van der Waals surface area (Å²) in [5.41, 5.74) is 0.790. The zero-order valence-electron chi connectivity index (χ0n) is 9.47. The number of nitrogens with zero attached hydrogens (tertiary/aromatic N) is 2. The molecule has 1 aliphatic rings. The molecular weight excluding hydrogens is 222 g/mol. The van der Waals surface area contributed by atoms with Crippen molar-refractivity contribution >= 4 is 11.8 Å². The molecule has 0 saturated carbocycles. The number of piperazine rings is 1. The fraction of sp³-hybridized carbons (Fsp3) is 0.364. The summed E-state index contributed by atoms with van der Waals surface area (Å²) in [7, 11) is 1.52. The summed E-state index contributed by atoms with van der Waals surface area (Å²) in [4.78, 5) is 28.3. The average Bonchev–Trinajstić information content (AvgIpc) is 2.34. The molecule has 0 radical (unpaired) electrons. The van der Waals surface area contributed by atoms with Gasteiger partial charge in [-0.15, -0.1) is 0 Å². The van der Waals surface area contributed by atoms with Crippen LogP contribution in [-0.2, 0) is 16.1 Å². The highest BCUT2D eigenvalue weighted by atomic mass is 16.5. The van der Waals surface area contributed by atoms with Crippen LogP contribution in [0.2, 0.25) is 0 Å². The molecule has 2 amide bonds. The highest BCUT2D eigenvalue weighted by Gasteiger charge is 2.23. The molecule has 2 rings (SSSR count). The molecule has 6 nitrogen and oxygen atoms in total. The first kappa shape index (κ1) is 11.4. The Hall–Kier alpha value is -2.11. The van der Waals surface area contributed by atoms with E-state index in [1.165, 1.54) is 12.0 Å². The lowest BCUT2D eigenvalue weighted by atomic mass is 10.2. The molecule has 1 aromatic heterocycles. The quantitative estimate of drug-likeness (QED) is 0.770. The molecule has 1 saturated heterocycles. The maximum atomic E-state index is 11.6. The molecule has 1 fully saturated rings. The van der Waals surface area contributed by atoms with Crippen molar-refractivity contribution in [2.75, 3.05) is 20.2 Å². The Balaban J connectivity index is 2.14. The van der Waals surface area contributed by atoms with Crippen molar-refractivity contribution in [1.29, 1.82) is 0 Å². The summed E-state index contributed by atoms with van der Waals surface area (Å²) < 4.78 is 5.10. The lowest BCUT2D eigenvalue weighted by Crippen LogP contribution is -2.51. The number of ether oxygens (including phenoxy) is 1. The van der Waals surface area contributed by atoms with Crippen molar-refractivity contribution in [3.63, 3.8) is 0 Å². The van der Waals surface area contributed by atoms with Gasteiger partial charge in [-0.1, -0.05) is 6.07 Å². The maximum absolute atomic E-state index is 11.6. The van der Waals surface area contributed by atoms with Crippen molar-refractivity contribution in [3.8, 4) is 5.88 Å². The molecule has 1 N–H and O–H groups in total. The standard InChI is InChI=1S/C11H13N3O3/c1-17-11-8(3-2-4-12-11)6-14-7-9(15)13-5-10(14)16/h2-4H,5-7H2,1H3,(H,13,15). The van der Waals surface area contributed by atoms with Crippen molar-refractivity contribution in [1.82, 2.24) is 15.2 Å². The number of carbonyl (C=O) groups excluding carboxylic acids is 2. The number of hydrogen-bond donors (Lipinski definition) is 1. The van der Waals surface area contributed by atoms with Gasteiger partial charge < -0.3 is 15.0 Å². The van der Waals surface area contributed by atoms with Gasteiger partial charge in [-0.3, -0.25) is 9.59 Å². The third-order valence-corrected chi connectivity index (χ3v) is 2.53. The minimum atomic E-state index is -0.146. The van der Waals surface area contributed by atoms with Gasteiger partial charge in [0.15, 0.2) is 0 Å². The van der Waals surface area contributed by atoms with E-state index in [1.807, 2.05) is 6.07 Å². The van der Waals surface area contributed by atoms with Gasteiger partial charge in [0.25, 0.3) is 0 Å². The number of rotatable bonds is 3. The molecule has 2 heterocycles. The molecule has 1 aromatic rings. The van der Waals surface area contributed by atoms with Crippen LogP contribution >= 0.6 is 0 Å². The van der Waals surface area contributed by atoms with E-state index in [0.29, 0.717) is 12.4 Å². The van der Waals surface area contributed by atoms with Crippen LogP contribution in [0.15, 0.2) is 18.3 Å². The highest BCUT2D eigenvalue weighted by Crippen LogP contribution is 2.16. The van der Waals surface area contributed by atoms with E-state index < -0.39 is 0 Å². The third-order valence-electron chi connectivity index (χ3n) is 2.53. The predicted molar refractivity (Wildman–Crippen MR) is 59.2 cm³/mol. The van der Waals surface area contributed by atoms with Crippen molar-refractivity contribution in [3.05, 3.63) is 23.9 Å². The third kappa shape index (κ3) is 2.52. The molecule has 17 heavy (non-hydrogen) atoms. The number of methoxy groups -OCH3 is 1. The first-order valence-corrected chi connectivity index (χ1v) is 5.23. The van der Waals surface area contributed by atoms with Crippen LogP contribution < -0.4 is 10.1 Å². The molecule has 0 atom stereocenters. The van der Waals surface area contributed by atoms with E-state index >= 15 is 0 Å². The Morgan fingerprint density at radius 1 is 1.53 bits per heavy atom. The number of carbonyl (C=O) groups is 2. The highest BCUT2D eigenvalue weighted by molar-refractivity contribution is 5.92. The molecule has 0 spiro atoms. The Labute approximate surface area is 98.6 Å². The van der Waals surface area contributed by atoms with Gasteiger partial charge in [-0.2, -0.15) is 0 Å². The number of aromatic nitrogens is 1. The molecule has 0 unspecified atom stereocenters. The normalized spacial score (nSPS) is 15.7. The zero-order chi connectivity index (χ0) is 12.3. The Bertz CT molecular complexity index is 447. The largest absolute Gasteiger partial charge is 0.481 e. The second-order valence-electron chi connectivity index (χ2n) is 3.70. The van der Waals surface area contributed by atoms with Crippen LogP contribution in [0.4, 0.5) is 0 Å². The number of nitrogens with one attached hydrogen (secondary N) is 1. The van der Waals surface area contributed by atoms with E-state index in [4.69, 9.17) is 4.74 Å². The van der Waals surface area contributed by atoms with E-state index in [1.54, 1.807) is 12.3 Å². The van der Waals surface area contributed by atoms with Crippen molar-refractivity contribution in [2.45, 2.75) is 6.54 Å². The second-order valence-corrected chi connectivity index (χ2v) is 3.70. The first-order chi connectivity index (χ1) is 8.20. The lowest BCUT2D eigenvalue weighted by molar-refractivity contribution is -0.141. The van der Waals surface area contributed by atoms with Crippen LogP contribution in [0, 0.1) is 0 Å². The summed E-state index contributed by atoms with van der Waals surface area (Å²) in [5.74, 6) is 0.231. The molecule has 90 valence electrons. The Morgan fingerprint density at radius 2 is 2.35 bits per heavy atom. The van der Waals surface area contributed by atoms with Gasteiger partial charge in [-0.05, 0) is 6.07 Å². The first-order valence-electron chi connectivity index (χ1n) is 5.23. The van der Waals surface area contributed by atoms with Crippen LogP contribution in [0.25, 0.3) is 0 Å². The van der Waals surface area contributed by atoms with Gasteiger partial charge in [0, 0.05) is 11.8 Å². The summed E-state index contributed by atoms with van der Waals surface area (Å²) in [5, 5.41) is 2.50. The van der Waals surface area contributed by atoms with Crippen molar-refractivity contribution < 1.29 is 14.3 Å². The summed E-state index contributed by atoms with van der Waals surface area (Å²) in [6, 6.07) is 3.60. The SMILES string of the molecule is COc1ncccc1CN1CC(=O)NCC1=O. The van der Waals surface area contributed by atoms with Crippen LogP contribution in [0.3, 0.4) is 0 Å². The fourth-order valence-electron chi connectivity index (χ4n) is 1.68. The average molecular weight is 235 g/mol. The number of hydrogen-bond acceptors (Lipinski definition) is 4. The molecule has 6 heteroatoms. The smallest absolute Gasteiger partial charge is 0.242 e. The predicted octanol–water partition coefficient (Wildman–Crippen LogP) is -0.451.